The van der Waals surface area contributed by atoms with E-state index in [4.69, 9.17) is 4.42 Å². The number of fused-ring (bicyclic) bond motifs is 2. The number of benzene rings is 10. The van der Waals surface area contributed by atoms with E-state index >= 15 is 0 Å². The number of hydrogen-bond acceptors (Lipinski definition) is 2. The molecule has 62 heavy (non-hydrogen) atoms. The first-order valence-electron chi connectivity index (χ1n) is 21.2. The largest absolute Gasteiger partial charge is 0.456 e. The van der Waals surface area contributed by atoms with Crippen molar-refractivity contribution in [2.45, 2.75) is 0 Å². The molecule has 0 amide bonds. The molecular weight excluding hydrogens is 751 g/mol. The van der Waals surface area contributed by atoms with Gasteiger partial charge in [0.05, 0.1) is 5.69 Å². The van der Waals surface area contributed by atoms with Gasteiger partial charge in [-0.25, -0.2) is 0 Å². The van der Waals surface area contributed by atoms with E-state index in [1.807, 2.05) is 18.2 Å². The van der Waals surface area contributed by atoms with Crippen molar-refractivity contribution in [3.8, 4) is 67.0 Å². The molecule has 0 aliphatic heterocycles. The van der Waals surface area contributed by atoms with Crippen LogP contribution in [0.1, 0.15) is 0 Å². The topological polar surface area (TPSA) is 16.4 Å². The third-order valence-electron chi connectivity index (χ3n) is 11.9. The molecule has 0 radical (unpaired) electrons. The van der Waals surface area contributed by atoms with E-state index in [1.165, 1.54) is 44.2 Å². The summed E-state index contributed by atoms with van der Waals surface area (Å²) in [6.07, 6.45) is 0. The zero-order chi connectivity index (χ0) is 41.2. The molecule has 0 saturated heterocycles. The predicted molar refractivity (Wildman–Crippen MR) is 261 cm³/mol. The van der Waals surface area contributed by atoms with Gasteiger partial charge in [-0.15, -0.1) is 0 Å². The van der Waals surface area contributed by atoms with E-state index < -0.39 is 0 Å². The molecule has 10 aromatic carbocycles. The molecule has 0 N–H and O–H groups in total. The summed E-state index contributed by atoms with van der Waals surface area (Å²) < 4.78 is 6.24. The van der Waals surface area contributed by atoms with Crippen LogP contribution < -0.4 is 4.90 Å². The SMILES string of the molecule is c1ccc(-c2ccc(-c3ccccc3N(c3ccc(-c4cccc(-c5cc6ccccc6o5)c4)cc3)c3ccc(-c4cccc(-c5cccc6ccccc56)c4)cc3)cc2)cc1. The first-order valence-corrected chi connectivity index (χ1v) is 21.2. The summed E-state index contributed by atoms with van der Waals surface area (Å²) >= 11 is 0. The van der Waals surface area contributed by atoms with E-state index in [0.717, 1.165) is 61.6 Å². The van der Waals surface area contributed by atoms with Crippen molar-refractivity contribution in [1.29, 1.82) is 0 Å². The summed E-state index contributed by atoms with van der Waals surface area (Å²) in [6.45, 7) is 0. The zero-order valence-corrected chi connectivity index (χ0v) is 34.0. The highest BCUT2D eigenvalue weighted by Crippen LogP contribution is 2.43. The number of rotatable bonds is 9. The number of furan rings is 1. The van der Waals surface area contributed by atoms with Crippen LogP contribution in [0, 0.1) is 0 Å². The lowest BCUT2D eigenvalue weighted by Crippen LogP contribution is -2.11. The molecule has 0 aliphatic carbocycles. The molecule has 0 aliphatic rings. The molecule has 2 nitrogen and oxygen atoms in total. The molecule has 0 fully saturated rings. The van der Waals surface area contributed by atoms with Gasteiger partial charge in [-0.05, 0) is 115 Å². The zero-order valence-electron chi connectivity index (χ0n) is 34.0. The van der Waals surface area contributed by atoms with Gasteiger partial charge in [0, 0.05) is 27.9 Å². The smallest absolute Gasteiger partial charge is 0.135 e. The lowest BCUT2D eigenvalue weighted by atomic mass is 9.95. The minimum atomic E-state index is 0.869. The average Bonchev–Trinajstić information content (AvgIpc) is 3.80. The quantitative estimate of drug-likeness (QED) is 0.145. The van der Waals surface area contributed by atoms with Crippen LogP contribution in [0.5, 0.6) is 0 Å². The van der Waals surface area contributed by atoms with Gasteiger partial charge in [0.1, 0.15) is 11.3 Å². The normalized spacial score (nSPS) is 11.2. The molecule has 292 valence electrons. The predicted octanol–water partition coefficient (Wildman–Crippen LogP) is 17.1. The summed E-state index contributed by atoms with van der Waals surface area (Å²) in [7, 11) is 0. The summed E-state index contributed by atoms with van der Waals surface area (Å²) in [5, 5.41) is 3.61. The molecule has 0 spiro atoms. The minimum absolute atomic E-state index is 0.869. The van der Waals surface area contributed by atoms with Crippen LogP contribution in [0.25, 0.3) is 88.7 Å². The Balaban J connectivity index is 0.970. The van der Waals surface area contributed by atoms with Crippen molar-refractivity contribution >= 4 is 38.8 Å². The number of anilines is 3. The van der Waals surface area contributed by atoms with Crippen LogP contribution in [-0.4, -0.2) is 0 Å². The van der Waals surface area contributed by atoms with Gasteiger partial charge in [-0.2, -0.15) is 0 Å². The molecule has 11 rings (SSSR count). The van der Waals surface area contributed by atoms with Gasteiger partial charge in [0.15, 0.2) is 0 Å². The second-order valence-corrected chi connectivity index (χ2v) is 15.7. The number of para-hydroxylation sites is 2. The van der Waals surface area contributed by atoms with E-state index in [0.29, 0.717) is 0 Å². The lowest BCUT2D eigenvalue weighted by Gasteiger charge is -2.28. The first kappa shape index (κ1) is 36.8. The third kappa shape index (κ3) is 7.14. The minimum Gasteiger partial charge on any atom is -0.456 e. The second-order valence-electron chi connectivity index (χ2n) is 15.7. The summed E-state index contributed by atoms with van der Waals surface area (Å²) in [5.41, 5.74) is 17.0. The molecule has 11 aromatic rings. The summed E-state index contributed by atoms with van der Waals surface area (Å²) in [4.78, 5) is 2.38. The highest BCUT2D eigenvalue weighted by atomic mass is 16.3. The Morgan fingerprint density at radius 2 is 0.742 bits per heavy atom. The Hall–Kier alpha value is -8.20. The highest BCUT2D eigenvalue weighted by Gasteiger charge is 2.18. The van der Waals surface area contributed by atoms with Crippen molar-refractivity contribution in [2.24, 2.45) is 0 Å². The van der Waals surface area contributed by atoms with Crippen molar-refractivity contribution in [2.75, 3.05) is 4.90 Å². The Labute approximate surface area is 362 Å². The molecule has 2 heteroatoms. The monoisotopic (exact) mass is 791 g/mol. The fraction of sp³-hybridized carbons (Fsp3) is 0. The maximum absolute atomic E-state index is 6.24. The first-order chi connectivity index (χ1) is 30.7. The average molecular weight is 792 g/mol. The van der Waals surface area contributed by atoms with Gasteiger partial charge < -0.3 is 9.32 Å². The Morgan fingerprint density at radius 1 is 0.274 bits per heavy atom. The molecule has 0 unspecified atom stereocenters. The van der Waals surface area contributed by atoms with Crippen LogP contribution in [0.4, 0.5) is 17.1 Å². The molecule has 1 aromatic heterocycles. The van der Waals surface area contributed by atoms with Crippen LogP contribution in [0.3, 0.4) is 0 Å². The Bertz CT molecular complexity index is 3290. The van der Waals surface area contributed by atoms with Crippen LogP contribution in [0.2, 0.25) is 0 Å². The fourth-order valence-corrected chi connectivity index (χ4v) is 8.74. The van der Waals surface area contributed by atoms with E-state index in [-0.39, 0.29) is 0 Å². The van der Waals surface area contributed by atoms with E-state index in [2.05, 4.69) is 235 Å². The molecular formula is C60H41NO. The standard InChI is InChI=1S/C60H41NO/c1-2-13-42(14-3-1)43-27-29-47(30-28-43)57-23-7-8-25-58(57)61(54-37-33-45(34-38-54)49-19-11-21-51(40-49)60-41-52-16-5-9-26-59(52)62-60)53-35-31-44(32-36-53)48-18-10-20-50(39-48)56-24-12-17-46-15-4-6-22-55(46)56/h1-41H. The van der Waals surface area contributed by atoms with E-state index in [9.17, 15) is 0 Å². The lowest BCUT2D eigenvalue weighted by molar-refractivity contribution is 0.631. The molecule has 0 atom stereocenters. The van der Waals surface area contributed by atoms with Crippen molar-refractivity contribution in [1.82, 2.24) is 0 Å². The summed E-state index contributed by atoms with van der Waals surface area (Å²) in [6, 6.07) is 89.1. The van der Waals surface area contributed by atoms with Gasteiger partial charge >= 0.3 is 0 Å². The van der Waals surface area contributed by atoms with E-state index in [1.54, 1.807) is 0 Å². The number of hydrogen-bond donors (Lipinski definition) is 0. The fourth-order valence-electron chi connectivity index (χ4n) is 8.74. The molecule has 0 bridgehead atoms. The summed E-state index contributed by atoms with van der Waals surface area (Å²) in [5.74, 6) is 0.869. The van der Waals surface area contributed by atoms with Gasteiger partial charge in [0.25, 0.3) is 0 Å². The van der Waals surface area contributed by atoms with Crippen LogP contribution in [0.15, 0.2) is 253 Å². The van der Waals surface area contributed by atoms with Crippen molar-refractivity contribution < 1.29 is 4.42 Å². The number of nitrogens with zero attached hydrogens (tertiary/aromatic N) is 1. The van der Waals surface area contributed by atoms with Gasteiger partial charge in [-0.1, -0.05) is 194 Å². The Kier molecular flexibility index (Phi) is 9.57. The van der Waals surface area contributed by atoms with Crippen LogP contribution >= 0.6 is 0 Å². The van der Waals surface area contributed by atoms with Crippen LogP contribution in [-0.2, 0) is 0 Å². The maximum Gasteiger partial charge on any atom is 0.135 e. The van der Waals surface area contributed by atoms with Crippen molar-refractivity contribution in [3.63, 3.8) is 0 Å². The molecule has 1 heterocycles. The van der Waals surface area contributed by atoms with Gasteiger partial charge in [0.2, 0.25) is 0 Å². The maximum atomic E-state index is 6.24. The highest BCUT2D eigenvalue weighted by molar-refractivity contribution is 5.97. The Morgan fingerprint density at radius 3 is 1.47 bits per heavy atom. The molecule has 0 saturated carbocycles. The second kappa shape index (κ2) is 16.1. The van der Waals surface area contributed by atoms with Crippen molar-refractivity contribution in [3.05, 3.63) is 249 Å². The van der Waals surface area contributed by atoms with Gasteiger partial charge in [-0.3, -0.25) is 0 Å². The third-order valence-corrected chi connectivity index (χ3v) is 11.9.